The normalized spacial score (nSPS) is 41.2. The van der Waals surface area contributed by atoms with Crippen LogP contribution < -0.4 is 5.43 Å². The van der Waals surface area contributed by atoms with Crippen LogP contribution in [0.3, 0.4) is 0 Å². The summed E-state index contributed by atoms with van der Waals surface area (Å²) >= 11 is 3.96. The number of nitrogens with zero attached hydrogens (tertiary/aromatic N) is 4. The fourth-order valence-corrected chi connectivity index (χ4v) is 5.41. The van der Waals surface area contributed by atoms with Crippen molar-refractivity contribution in [3.05, 3.63) is 0 Å². The first-order valence-electron chi connectivity index (χ1n) is 6.48. The van der Waals surface area contributed by atoms with Gasteiger partial charge in [-0.05, 0) is 43.2 Å². The van der Waals surface area contributed by atoms with Crippen LogP contribution in [0.4, 0.5) is 5.95 Å². The zero-order chi connectivity index (χ0) is 12.2. The Hall–Kier alpha value is -0.980. The molecule has 4 aliphatic carbocycles. The standard InChI is InChI=1S/C11H15BrN6/c12-11-3-6-1-7(4-11)9(8(2-6)5-11)13-14-10-15-17-18-16-10/h6-8H,1-5H2,(H2,14,15,16,17,18). The number of aromatic amines is 1. The molecule has 4 fully saturated rings. The second-order valence-electron chi connectivity index (χ2n) is 5.88. The van der Waals surface area contributed by atoms with Crippen molar-refractivity contribution in [2.45, 2.75) is 36.4 Å². The van der Waals surface area contributed by atoms with Gasteiger partial charge in [-0.3, -0.25) is 0 Å². The van der Waals surface area contributed by atoms with Gasteiger partial charge in [-0.15, -0.1) is 5.10 Å². The number of tetrazole rings is 1. The number of anilines is 1. The summed E-state index contributed by atoms with van der Waals surface area (Å²) in [5.41, 5.74) is 4.25. The van der Waals surface area contributed by atoms with Crippen LogP contribution in [-0.2, 0) is 0 Å². The second-order valence-corrected chi connectivity index (χ2v) is 7.56. The topological polar surface area (TPSA) is 78.9 Å². The summed E-state index contributed by atoms with van der Waals surface area (Å²) in [5.74, 6) is 2.61. The van der Waals surface area contributed by atoms with Gasteiger partial charge in [-0.25, -0.2) is 5.43 Å². The lowest BCUT2D eigenvalue weighted by molar-refractivity contribution is 0.135. The minimum Gasteiger partial charge on any atom is -0.243 e. The Labute approximate surface area is 113 Å². The summed E-state index contributed by atoms with van der Waals surface area (Å²) in [6, 6.07) is 0. The highest BCUT2D eigenvalue weighted by Gasteiger charge is 2.52. The maximum Gasteiger partial charge on any atom is 0.283 e. The van der Waals surface area contributed by atoms with E-state index in [1.807, 2.05) is 0 Å². The molecule has 2 unspecified atom stereocenters. The van der Waals surface area contributed by atoms with Crippen molar-refractivity contribution in [3.63, 3.8) is 0 Å². The first-order chi connectivity index (χ1) is 8.72. The van der Waals surface area contributed by atoms with Crippen LogP contribution in [0.25, 0.3) is 0 Å². The number of rotatable bonds is 2. The maximum atomic E-state index is 4.56. The highest BCUT2D eigenvalue weighted by Crippen LogP contribution is 2.57. The summed E-state index contributed by atoms with van der Waals surface area (Å²) in [4.78, 5) is 0. The van der Waals surface area contributed by atoms with Crippen molar-refractivity contribution in [3.8, 4) is 0 Å². The summed E-state index contributed by atoms with van der Waals surface area (Å²) in [7, 11) is 0. The lowest BCUT2D eigenvalue weighted by atomic mass is 9.55. The van der Waals surface area contributed by atoms with Crippen LogP contribution in [-0.4, -0.2) is 30.7 Å². The number of alkyl halides is 1. The van der Waals surface area contributed by atoms with Crippen molar-refractivity contribution in [1.29, 1.82) is 0 Å². The quantitative estimate of drug-likeness (QED) is 0.646. The molecule has 0 radical (unpaired) electrons. The molecule has 0 aromatic carbocycles. The largest absolute Gasteiger partial charge is 0.283 e. The SMILES string of the molecule is BrC12CC3CC(C1)C(=NNc1nn[nH]n1)C(C3)C2. The first kappa shape index (κ1) is 10.9. The maximum absolute atomic E-state index is 4.56. The molecular formula is C11H15BrN6. The Bertz CT molecular complexity index is 466. The van der Waals surface area contributed by atoms with Crippen molar-refractivity contribution in [2.75, 3.05) is 5.43 Å². The van der Waals surface area contributed by atoms with E-state index in [2.05, 4.69) is 47.1 Å². The molecule has 1 aromatic rings. The fourth-order valence-electron chi connectivity index (χ4n) is 4.18. The molecule has 4 bridgehead atoms. The average Bonchev–Trinajstić information content (AvgIpc) is 2.78. The van der Waals surface area contributed by atoms with Crippen LogP contribution in [0, 0.1) is 17.8 Å². The van der Waals surface area contributed by atoms with Crippen LogP contribution in [0.1, 0.15) is 32.1 Å². The Morgan fingerprint density at radius 1 is 1.28 bits per heavy atom. The number of halogens is 1. The predicted molar refractivity (Wildman–Crippen MR) is 70.4 cm³/mol. The first-order valence-corrected chi connectivity index (χ1v) is 7.27. The summed E-state index contributed by atoms with van der Waals surface area (Å²) in [5, 5.41) is 18.2. The zero-order valence-corrected chi connectivity index (χ0v) is 11.5. The predicted octanol–water partition coefficient (Wildman–Crippen LogP) is 1.94. The number of hydrogen-bond donors (Lipinski definition) is 2. The van der Waals surface area contributed by atoms with Crippen molar-refractivity contribution in [1.82, 2.24) is 20.6 Å². The highest BCUT2D eigenvalue weighted by atomic mass is 79.9. The Morgan fingerprint density at radius 2 is 2.06 bits per heavy atom. The van der Waals surface area contributed by atoms with Crippen LogP contribution in [0.5, 0.6) is 0 Å². The van der Waals surface area contributed by atoms with Gasteiger partial charge in [0, 0.05) is 21.9 Å². The Kier molecular flexibility index (Phi) is 2.27. The lowest BCUT2D eigenvalue weighted by Gasteiger charge is -2.54. The minimum absolute atomic E-state index is 0.397. The van der Waals surface area contributed by atoms with Gasteiger partial charge in [-0.1, -0.05) is 21.0 Å². The number of nitrogens with one attached hydrogen (secondary N) is 2. The van der Waals surface area contributed by atoms with Gasteiger partial charge in [0.25, 0.3) is 5.95 Å². The molecule has 96 valence electrons. The van der Waals surface area contributed by atoms with E-state index in [4.69, 9.17) is 0 Å². The van der Waals surface area contributed by atoms with E-state index < -0.39 is 0 Å². The Balaban J connectivity index is 1.58. The van der Waals surface area contributed by atoms with Crippen LogP contribution in [0.15, 0.2) is 5.10 Å². The second kappa shape index (κ2) is 3.76. The van der Waals surface area contributed by atoms with Crippen molar-refractivity contribution < 1.29 is 0 Å². The molecule has 7 heteroatoms. The van der Waals surface area contributed by atoms with Gasteiger partial charge in [0.1, 0.15) is 0 Å². The molecule has 2 N–H and O–H groups in total. The van der Waals surface area contributed by atoms with E-state index in [0.717, 1.165) is 5.92 Å². The third kappa shape index (κ3) is 1.67. The number of H-pyrrole nitrogens is 1. The van der Waals surface area contributed by atoms with Gasteiger partial charge in [0.2, 0.25) is 0 Å². The molecule has 0 amide bonds. The fraction of sp³-hybridized carbons (Fsp3) is 0.818. The molecule has 0 aliphatic heterocycles. The molecular weight excluding hydrogens is 296 g/mol. The molecule has 4 saturated carbocycles. The van der Waals surface area contributed by atoms with E-state index in [0.29, 0.717) is 22.1 Å². The van der Waals surface area contributed by atoms with Crippen molar-refractivity contribution >= 4 is 27.6 Å². The summed E-state index contributed by atoms with van der Waals surface area (Å²) in [6.07, 6.45) is 6.41. The summed E-state index contributed by atoms with van der Waals surface area (Å²) < 4.78 is 0.397. The highest BCUT2D eigenvalue weighted by molar-refractivity contribution is 9.10. The molecule has 2 atom stereocenters. The molecule has 0 saturated heterocycles. The lowest BCUT2D eigenvalue weighted by Crippen LogP contribution is -2.52. The average molecular weight is 311 g/mol. The van der Waals surface area contributed by atoms with E-state index >= 15 is 0 Å². The van der Waals surface area contributed by atoms with E-state index in [1.165, 1.54) is 37.8 Å². The molecule has 4 aliphatic rings. The smallest absolute Gasteiger partial charge is 0.243 e. The van der Waals surface area contributed by atoms with Crippen molar-refractivity contribution in [2.24, 2.45) is 22.9 Å². The summed E-state index contributed by atoms with van der Waals surface area (Å²) in [6.45, 7) is 0. The van der Waals surface area contributed by atoms with E-state index in [1.54, 1.807) is 0 Å². The van der Waals surface area contributed by atoms with Crippen LogP contribution in [0.2, 0.25) is 0 Å². The third-order valence-electron chi connectivity index (χ3n) is 4.58. The molecule has 5 rings (SSSR count). The van der Waals surface area contributed by atoms with E-state index in [9.17, 15) is 0 Å². The molecule has 1 aromatic heterocycles. The van der Waals surface area contributed by atoms with Gasteiger partial charge < -0.3 is 0 Å². The monoisotopic (exact) mass is 310 g/mol. The molecule has 1 heterocycles. The molecule has 6 nitrogen and oxygen atoms in total. The van der Waals surface area contributed by atoms with Gasteiger partial charge in [0.05, 0.1) is 0 Å². The van der Waals surface area contributed by atoms with Gasteiger partial charge in [-0.2, -0.15) is 10.3 Å². The molecule has 18 heavy (non-hydrogen) atoms. The number of hydrogen-bond acceptors (Lipinski definition) is 5. The van der Waals surface area contributed by atoms with Gasteiger partial charge >= 0.3 is 0 Å². The zero-order valence-electron chi connectivity index (χ0n) is 9.93. The third-order valence-corrected chi connectivity index (χ3v) is 5.55. The number of hydrazone groups is 1. The minimum atomic E-state index is 0.397. The molecule has 0 spiro atoms. The van der Waals surface area contributed by atoms with Gasteiger partial charge in [0.15, 0.2) is 0 Å². The Morgan fingerprint density at radius 3 is 2.67 bits per heavy atom. The van der Waals surface area contributed by atoms with E-state index in [-0.39, 0.29) is 0 Å². The number of aromatic nitrogens is 4. The van der Waals surface area contributed by atoms with Crippen LogP contribution >= 0.6 is 15.9 Å².